The lowest BCUT2D eigenvalue weighted by molar-refractivity contribution is -0.385. The Kier molecular flexibility index (Phi) is 3.47. The van der Waals surface area contributed by atoms with Crippen molar-refractivity contribution >= 4 is 17.3 Å². The van der Waals surface area contributed by atoms with Gasteiger partial charge in [-0.15, -0.1) is 0 Å². The molecule has 0 amide bonds. The van der Waals surface area contributed by atoms with Crippen molar-refractivity contribution in [1.29, 1.82) is 0 Å². The van der Waals surface area contributed by atoms with E-state index in [1.807, 2.05) is 0 Å². The SMILES string of the molecule is COc1cc(NCC2(C(=O)O)CC2)c(F)cc1[N+](=O)[O-]. The molecule has 1 aliphatic carbocycles. The van der Waals surface area contributed by atoms with Crippen LogP contribution in [0.15, 0.2) is 12.1 Å². The van der Waals surface area contributed by atoms with Crippen molar-refractivity contribution in [2.24, 2.45) is 5.41 Å². The molecule has 108 valence electrons. The first kappa shape index (κ1) is 14.0. The van der Waals surface area contributed by atoms with Crippen molar-refractivity contribution in [2.75, 3.05) is 19.0 Å². The van der Waals surface area contributed by atoms with Gasteiger partial charge in [0.25, 0.3) is 0 Å². The number of hydrogen-bond acceptors (Lipinski definition) is 5. The number of anilines is 1. The standard InChI is InChI=1S/C12H13FN2O5/c1-20-10-5-8(7(13)4-9(10)15(18)19)14-6-12(2-3-12)11(16)17/h4-5,14H,2-3,6H2,1H3,(H,16,17). The summed E-state index contributed by atoms with van der Waals surface area (Å²) in [5.74, 6) is -1.84. The fourth-order valence-corrected chi connectivity index (χ4v) is 1.87. The lowest BCUT2D eigenvalue weighted by Gasteiger charge is -2.13. The molecule has 0 bridgehead atoms. The Bertz CT molecular complexity index is 571. The van der Waals surface area contributed by atoms with Gasteiger partial charge in [0, 0.05) is 12.6 Å². The number of nitro groups is 1. The number of aliphatic carboxylic acids is 1. The smallest absolute Gasteiger partial charge is 0.313 e. The highest BCUT2D eigenvalue weighted by molar-refractivity contribution is 5.78. The number of hydrogen-bond donors (Lipinski definition) is 2. The lowest BCUT2D eigenvalue weighted by atomic mass is 10.1. The second-order valence-electron chi connectivity index (χ2n) is 4.70. The third-order valence-corrected chi connectivity index (χ3v) is 3.39. The first-order valence-corrected chi connectivity index (χ1v) is 5.89. The van der Waals surface area contributed by atoms with Gasteiger partial charge in [-0.1, -0.05) is 0 Å². The van der Waals surface area contributed by atoms with E-state index < -0.39 is 27.8 Å². The molecule has 1 aromatic rings. The number of nitrogens with zero attached hydrogens (tertiary/aromatic N) is 1. The Morgan fingerprint density at radius 3 is 2.70 bits per heavy atom. The van der Waals surface area contributed by atoms with Crippen LogP contribution in [0.4, 0.5) is 15.8 Å². The average molecular weight is 284 g/mol. The first-order valence-electron chi connectivity index (χ1n) is 5.89. The molecule has 2 rings (SSSR count). The summed E-state index contributed by atoms with van der Waals surface area (Å²) in [6, 6.07) is 1.91. The number of methoxy groups -OCH3 is 1. The molecule has 0 spiro atoms. The lowest BCUT2D eigenvalue weighted by Crippen LogP contribution is -2.24. The molecule has 0 aromatic heterocycles. The van der Waals surface area contributed by atoms with Gasteiger partial charge in [-0.25, -0.2) is 4.39 Å². The summed E-state index contributed by atoms with van der Waals surface area (Å²) in [5.41, 5.74) is -1.35. The van der Waals surface area contributed by atoms with Crippen molar-refractivity contribution in [2.45, 2.75) is 12.8 Å². The maximum Gasteiger partial charge on any atom is 0.313 e. The largest absolute Gasteiger partial charge is 0.490 e. The van der Waals surface area contributed by atoms with Crippen molar-refractivity contribution < 1.29 is 24.0 Å². The molecule has 20 heavy (non-hydrogen) atoms. The molecule has 1 aliphatic rings. The van der Waals surface area contributed by atoms with Gasteiger partial charge in [0.1, 0.15) is 0 Å². The van der Waals surface area contributed by atoms with Crippen molar-refractivity contribution in [1.82, 2.24) is 0 Å². The van der Waals surface area contributed by atoms with E-state index in [-0.39, 0.29) is 18.0 Å². The van der Waals surface area contributed by atoms with Crippen molar-refractivity contribution in [3.63, 3.8) is 0 Å². The van der Waals surface area contributed by atoms with Crippen LogP contribution in [-0.4, -0.2) is 29.7 Å². The number of rotatable bonds is 6. The van der Waals surface area contributed by atoms with Crippen molar-refractivity contribution in [3.05, 3.63) is 28.1 Å². The normalized spacial score (nSPS) is 15.5. The zero-order chi connectivity index (χ0) is 14.9. The summed E-state index contributed by atoms with van der Waals surface area (Å²) in [4.78, 5) is 21.0. The van der Waals surface area contributed by atoms with E-state index >= 15 is 0 Å². The van der Waals surface area contributed by atoms with Crippen LogP contribution in [0.25, 0.3) is 0 Å². The maximum absolute atomic E-state index is 13.8. The molecule has 0 atom stereocenters. The van der Waals surface area contributed by atoms with Crippen molar-refractivity contribution in [3.8, 4) is 5.75 Å². The molecular formula is C12H13FN2O5. The molecular weight excluding hydrogens is 271 g/mol. The predicted molar refractivity (Wildman–Crippen MR) is 67.4 cm³/mol. The van der Waals surface area contributed by atoms with Crippen LogP contribution < -0.4 is 10.1 Å². The van der Waals surface area contributed by atoms with E-state index in [0.717, 1.165) is 12.1 Å². The number of carbonyl (C=O) groups is 1. The zero-order valence-corrected chi connectivity index (χ0v) is 10.7. The summed E-state index contributed by atoms with van der Waals surface area (Å²) in [6.07, 6.45) is 1.06. The first-order chi connectivity index (χ1) is 9.39. The third-order valence-electron chi connectivity index (χ3n) is 3.39. The number of benzene rings is 1. The Morgan fingerprint density at radius 1 is 1.60 bits per heavy atom. The Morgan fingerprint density at radius 2 is 2.25 bits per heavy atom. The van der Waals surface area contributed by atoms with E-state index in [0.29, 0.717) is 12.8 Å². The molecule has 1 saturated carbocycles. The molecule has 1 aromatic carbocycles. The molecule has 1 fully saturated rings. The summed E-state index contributed by atoms with van der Waals surface area (Å²) in [6.45, 7) is 0.0697. The van der Waals surface area contributed by atoms with Crippen LogP contribution in [0, 0.1) is 21.3 Å². The molecule has 0 aliphatic heterocycles. The minimum atomic E-state index is -0.931. The molecule has 2 N–H and O–H groups in total. The van der Waals surface area contributed by atoms with Gasteiger partial charge in [0.05, 0.1) is 29.2 Å². The summed E-state index contributed by atoms with van der Waals surface area (Å²) >= 11 is 0. The highest BCUT2D eigenvalue weighted by atomic mass is 19.1. The van der Waals surface area contributed by atoms with Crippen LogP contribution in [0.1, 0.15) is 12.8 Å². The fourth-order valence-electron chi connectivity index (χ4n) is 1.87. The Hall–Kier alpha value is -2.38. The topological polar surface area (TPSA) is 102 Å². The summed E-state index contributed by atoms with van der Waals surface area (Å²) in [7, 11) is 1.24. The van der Waals surface area contributed by atoms with Gasteiger partial charge in [-0.05, 0) is 12.8 Å². The predicted octanol–water partition coefficient (Wildman–Crippen LogP) is 2.02. The summed E-state index contributed by atoms with van der Waals surface area (Å²) < 4.78 is 18.6. The van der Waals surface area contributed by atoms with E-state index in [1.54, 1.807) is 0 Å². The number of nitro benzene ring substituents is 1. The number of nitrogens with one attached hydrogen (secondary N) is 1. The van der Waals surface area contributed by atoms with Gasteiger partial charge in [-0.3, -0.25) is 14.9 Å². The average Bonchev–Trinajstić information content (AvgIpc) is 3.18. The van der Waals surface area contributed by atoms with Gasteiger partial charge in [0.2, 0.25) is 0 Å². The van der Waals surface area contributed by atoms with Crippen LogP contribution in [0.5, 0.6) is 5.75 Å². The van der Waals surface area contributed by atoms with Crippen LogP contribution in [-0.2, 0) is 4.79 Å². The monoisotopic (exact) mass is 284 g/mol. The molecule has 0 heterocycles. The summed E-state index contributed by atoms with van der Waals surface area (Å²) in [5, 5.41) is 22.4. The van der Waals surface area contributed by atoms with Gasteiger partial charge >= 0.3 is 11.7 Å². The quantitative estimate of drug-likeness (QED) is 0.612. The maximum atomic E-state index is 13.8. The van der Waals surface area contributed by atoms with Crippen LogP contribution in [0.3, 0.4) is 0 Å². The van der Waals surface area contributed by atoms with E-state index in [4.69, 9.17) is 9.84 Å². The number of halogens is 1. The number of ether oxygens (including phenoxy) is 1. The molecule has 0 unspecified atom stereocenters. The Labute approximate surface area is 113 Å². The molecule has 0 saturated heterocycles. The second-order valence-corrected chi connectivity index (χ2v) is 4.70. The minimum Gasteiger partial charge on any atom is -0.490 e. The highest BCUT2D eigenvalue weighted by Crippen LogP contribution is 2.46. The number of carboxylic acids is 1. The Balaban J connectivity index is 2.20. The van der Waals surface area contributed by atoms with Gasteiger partial charge in [0.15, 0.2) is 11.6 Å². The van der Waals surface area contributed by atoms with E-state index in [2.05, 4.69) is 5.32 Å². The van der Waals surface area contributed by atoms with Crippen LogP contribution in [0.2, 0.25) is 0 Å². The number of carboxylic acid groups (broad SMARTS) is 1. The van der Waals surface area contributed by atoms with Crippen LogP contribution >= 0.6 is 0 Å². The van der Waals surface area contributed by atoms with E-state index in [1.165, 1.54) is 7.11 Å². The molecule has 0 radical (unpaired) electrons. The zero-order valence-electron chi connectivity index (χ0n) is 10.7. The molecule has 7 nitrogen and oxygen atoms in total. The third kappa shape index (κ3) is 2.49. The minimum absolute atomic E-state index is 0.0139. The van der Waals surface area contributed by atoms with E-state index in [9.17, 15) is 19.3 Å². The van der Waals surface area contributed by atoms with Gasteiger partial charge in [-0.2, -0.15) is 0 Å². The highest BCUT2D eigenvalue weighted by Gasteiger charge is 2.50. The van der Waals surface area contributed by atoms with Gasteiger partial charge < -0.3 is 15.2 Å². The molecule has 8 heteroatoms. The second kappa shape index (κ2) is 4.95. The fraction of sp³-hybridized carbons (Fsp3) is 0.417.